The molecular formula is C17H24N2O4. The van der Waals surface area contributed by atoms with Crippen LogP contribution in [0, 0.1) is 5.92 Å². The van der Waals surface area contributed by atoms with Crippen molar-refractivity contribution in [3.05, 3.63) is 24.3 Å². The first-order valence-corrected chi connectivity index (χ1v) is 8.11. The van der Waals surface area contributed by atoms with Crippen LogP contribution in [0.15, 0.2) is 24.3 Å². The van der Waals surface area contributed by atoms with Crippen molar-refractivity contribution in [1.29, 1.82) is 0 Å². The van der Waals surface area contributed by atoms with E-state index in [1.807, 2.05) is 19.1 Å². The molecule has 1 aliphatic rings. The lowest BCUT2D eigenvalue weighted by molar-refractivity contribution is -0.142. The Morgan fingerprint density at radius 1 is 1.26 bits per heavy atom. The molecule has 0 radical (unpaired) electrons. The Bertz CT molecular complexity index is 539. The third-order valence-corrected chi connectivity index (χ3v) is 3.98. The number of carboxylic acid groups (broad SMARTS) is 1. The molecule has 0 aliphatic heterocycles. The average molecular weight is 320 g/mol. The van der Waals surface area contributed by atoms with Crippen LogP contribution in [-0.2, 0) is 4.79 Å². The van der Waals surface area contributed by atoms with Gasteiger partial charge < -0.3 is 20.5 Å². The normalized spacial score (nSPS) is 20.6. The number of hydrogen-bond donors (Lipinski definition) is 3. The summed E-state index contributed by atoms with van der Waals surface area (Å²) < 4.78 is 5.53. The van der Waals surface area contributed by atoms with E-state index in [1.165, 1.54) is 0 Å². The van der Waals surface area contributed by atoms with E-state index in [0.717, 1.165) is 12.2 Å². The number of carbonyl (C=O) groups excluding carboxylic acids is 1. The minimum atomic E-state index is -0.739. The summed E-state index contributed by atoms with van der Waals surface area (Å²) in [7, 11) is 0. The highest BCUT2D eigenvalue weighted by atomic mass is 16.5. The quantitative estimate of drug-likeness (QED) is 0.751. The monoisotopic (exact) mass is 320 g/mol. The van der Waals surface area contributed by atoms with E-state index >= 15 is 0 Å². The minimum absolute atomic E-state index is 0.0325. The minimum Gasteiger partial charge on any atom is -0.494 e. The van der Waals surface area contributed by atoms with Gasteiger partial charge in [-0.25, -0.2) is 4.79 Å². The van der Waals surface area contributed by atoms with E-state index < -0.39 is 5.97 Å². The molecule has 1 aromatic rings. The zero-order valence-electron chi connectivity index (χ0n) is 13.4. The number of hydrogen-bond acceptors (Lipinski definition) is 3. The molecular weight excluding hydrogens is 296 g/mol. The summed E-state index contributed by atoms with van der Waals surface area (Å²) >= 11 is 0. The van der Waals surface area contributed by atoms with Crippen LogP contribution in [0.25, 0.3) is 0 Å². The summed E-state index contributed by atoms with van der Waals surface area (Å²) in [4.78, 5) is 23.0. The molecule has 0 spiro atoms. The van der Waals surface area contributed by atoms with Crippen LogP contribution in [0.4, 0.5) is 10.5 Å². The molecule has 1 aromatic carbocycles. The van der Waals surface area contributed by atoms with Gasteiger partial charge in [0, 0.05) is 17.8 Å². The number of urea groups is 1. The van der Waals surface area contributed by atoms with Crippen molar-refractivity contribution in [2.45, 2.75) is 45.1 Å². The van der Waals surface area contributed by atoms with Gasteiger partial charge in [-0.2, -0.15) is 0 Å². The fraction of sp³-hybridized carbons (Fsp3) is 0.529. The predicted molar refractivity (Wildman–Crippen MR) is 87.8 cm³/mol. The maximum Gasteiger partial charge on any atom is 0.319 e. The van der Waals surface area contributed by atoms with E-state index in [2.05, 4.69) is 10.6 Å². The molecule has 0 atom stereocenters. The number of benzene rings is 1. The highest BCUT2D eigenvalue weighted by molar-refractivity contribution is 5.89. The Morgan fingerprint density at radius 2 is 2.00 bits per heavy atom. The second-order valence-electron chi connectivity index (χ2n) is 5.86. The van der Waals surface area contributed by atoms with E-state index in [1.54, 1.807) is 12.1 Å². The van der Waals surface area contributed by atoms with Crippen LogP contribution in [0.2, 0.25) is 0 Å². The van der Waals surface area contributed by atoms with E-state index in [0.29, 0.717) is 38.0 Å². The van der Waals surface area contributed by atoms with Crippen molar-refractivity contribution < 1.29 is 19.4 Å². The van der Waals surface area contributed by atoms with Crippen LogP contribution < -0.4 is 15.4 Å². The lowest BCUT2D eigenvalue weighted by atomic mass is 9.86. The number of nitrogens with one attached hydrogen (secondary N) is 2. The number of aliphatic carboxylic acids is 1. The third-order valence-electron chi connectivity index (χ3n) is 3.98. The van der Waals surface area contributed by atoms with Crippen molar-refractivity contribution in [3.8, 4) is 5.75 Å². The molecule has 1 saturated carbocycles. The first kappa shape index (κ1) is 17.1. The number of amides is 2. The van der Waals surface area contributed by atoms with Crippen molar-refractivity contribution >= 4 is 17.7 Å². The molecule has 0 aromatic heterocycles. The zero-order valence-corrected chi connectivity index (χ0v) is 13.4. The number of carboxylic acids is 1. The lowest BCUT2D eigenvalue weighted by Crippen LogP contribution is -2.40. The topological polar surface area (TPSA) is 87.7 Å². The maximum absolute atomic E-state index is 12.0. The first-order valence-electron chi connectivity index (χ1n) is 8.11. The molecule has 126 valence electrons. The van der Waals surface area contributed by atoms with Crippen molar-refractivity contribution in [2.75, 3.05) is 11.9 Å². The molecule has 23 heavy (non-hydrogen) atoms. The fourth-order valence-corrected chi connectivity index (χ4v) is 2.72. The molecule has 1 fully saturated rings. The number of carbonyl (C=O) groups is 2. The molecule has 6 heteroatoms. The fourth-order valence-electron chi connectivity index (χ4n) is 2.72. The molecule has 3 N–H and O–H groups in total. The molecule has 1 aliphatic carbocycles. The van der Waals surface area contributed by atoms with Gasteiger partial charge in [-0.15, -0.1) is 0 Å². The van der Waals surface area contributed by atoms with Crippen LogP contribution in [0.3, 0.4) is 0 Å². The molecule has 0 heterocycles. The van der Waals surface area contributed by atoms with Gasteiger partial charge in [-0.3, -0.25) is 4.79 Å². The van der Waals surface area contributed by atoms with Gasteiger partial charge in [0.05, 0.1) is 12.5 Å². The van der Waals surface area contributed by atoms with Crippen molar-refractivity contribution in [2.24, 2.45) is 5.92 Å². The Kier molecular flexibility index (Phi) is 6.26. The highest BCUT2D eigenvalue weighted by Crippen LogP contribution is 2.24. The number of anilines is 1. The van der Waals surface area contributed by atoms with E-state index in [4.69, 9.17) is 9.84 Å². The Hall–Kier alpha value is -2.24. The number of ether oxygens (including phenoxy) is 1. The van der Waals surface area contributed by atoms with Crippen LogP contribution in [0.5, 0.6) is 5.75 Å². The second kappa shape index (κ2) is 8.41. The number of rotatable bonds is 6. The maximum atomic E-state index is 12.0. The summed E-state index contributed by atoms with van der Waals surface area (Å²) in [5.41, 5.74) is 0.676. The molecule has 6 nitrogen and oxygen atoms in total. The average Bonchev–Trinajstić information content (AvgIpc) is 2.53. The summed E-state index contributed by atoms with van der Waals surface area (Å²) in [6, 6.07) is 7.04. The molecule has 0 unspecified atom stereocenters. The highest BCUT2D eigenvalue weighted by Gasteiger charge is 2.26. The van der Waals surface area contributed by atoms with Crippen molar-refractivity contribution in [3.63, 3.8) is 0 Å². The Morgan fingerprint density at radius 3 is 2.65 bits per heavy atom. The Labute approximate surface area is 136 Å². The molecule has 0 saturated heterocycles. The summed E-state index contributed by atoms with van der Waals surface area (Å²) in [5.74, 6) is -0.285. The molecule has 0 bridgehead atoms. The largest absolute Gasteiger partial charge is 0.494 e. The Balaban J connectivity index is 1.80. The van der Waals surface area contributed by atoms with Gasteiger partial charge in [0.1, 0.15) is 5.75 Å². The van der Waals surface area contributed by atoms with Crippen LogP contribution in [-0.4, -0.2) is 29.8 Å². The zero-order chi connectivity index (χ0) is 16.7. The van der Waals surface area contributed by atoms with Crippen LogP contribution >= 0.6 is 0 Å². The second-order valence-corrected chi connectivity index (χ2v) is 5.86. The first-order chi connectivity index (χ1) is 11.1. The van der Waals surface area contributed by atoms with Gasteiger partial charge in [0.25, 0.3) is 0 Å². The summed E-state index contributed by atoms with van der Waals surface area (Å²) in [6.07, 6.45) is 3.55. The smallest absolute Gasteiger partial charge is 0.319 e. The van der Waals surface area contributed by atoms with E-state index in [9.17, 15) is 9.59 Å². The van der Waals surface area contributed by atoms with Gasteiger partial charge in [0.2, 0.25) is 0 Å². The van der Waals surface area contributed by atoms with Crippen LogP contribution in [0.1, 0.15) is 39.0 Å². The standard InChI is InChI=1S/C17H24N2O4/c1-2-10-23-15-5-3-4-14(11-15)19-17(22)18-13-8-6-12(7-9-13)16(20)21/h3-5,11-13H,2,6-10H2,1H3,(H,20,21)(H2,18,19,22). The summed E-state index contributed by atoms with van der Waals surface area (Å²) in [6.45, 7) is 2.68. The molecule has 2 rings (SSSR count). The lowest BCUT2D eigenvalue weighted by Gasteiger charge is -2.26. The van der Waals surface area contributed by atoms with Gasteiger partial charge >= 0.3 is 12.0 Å². The third kappa shape index (κ3) is 5.47. The SMILES string of the molecule is CCCOc1cccc(NC(=O)NC2CCC(C(=O)O)CC2)c1. The summed E-state index contributed by atoms with van der Waals surface area (Å²) in [5, 5.41) is 14.7. The van der Waals surface area contributed by atoms with Crippen molar-refractivity contribution in [1.82, 2.24) is 5.32 Å². The van der Waals surface area contributed by atoms with Gasteiger partial charge in [0.15, 0.2) is 0 Å². The predicted octanol–water partition coefficient (Wildman–Crippen LogP) is 3.24. The van der Waals surface area contributed by atoms with Gasteiger partial charge in [-0.05, 0) is 44.2 Å². The van der Waals surface area contributed by atoms with Gasteiger partial charge in [-0.1, -0.05) is 13.0 Å². The molecule has 2 amide bonds. The van der Waals surface area contributed by atoms with E-state index in [-0.39, 0.29) is 18.0 Å².